The minimum Gasteiger partial charge on any atom is -0.492 e. The second kappa shape index (κ2) is 6.93. The Morgan fingerprint density at radius 2 is 1.88 bits per heavy atom. The molecule has 3 aromatic rings. The van der Waals surface area contributed by atoms with Crippen LogP contribution < -0.4 is 4.74 Å². The molecule has 0 bridgehead atoms. The Bertz CT molecular complexity index is 886. The molecule has 0 radical (unpaired) electrons. The lowest BCUT2D eigenvalue weighted by Gasteiger charge is -2.10. The number of ether oxygens (including phenoxy) is 1. The molecule has 25 heavy (non-hydrogen) atoms. The number of hydrogen-bond donors (Lipinski definition) is 0. The van der Waals surface area contributed by atoms with Gasteiger partial charge in [-0.15, -0.1) is 0 Å². The van der Waals surface area contributed by atoms with Crippen molar-refractivity contribution < 1.29 is 9.15 Å². The summed E-state index contributed by atoms with van der Waals surface area (Å²) < 4.78 is 11.7. The number of aryl methyl sites for hydroxylation is 3. The lowest BCUT2D eigenvalue weighted by Crippen LogP contribution is -2.03. The molecule has 1 aliphatic rings. The summed E-state index contributed by atoms with van der Waals surface area (Å²) in [5.41, 5.74) is 4.64. The van der Waals surface area contributed by atoms with E-state index < -0.39 is 0 Å². The molecule has 0 aliphatic heterocycles. The molecule has 0 spiro atoms. The highest BCUT2D eigenvalue weighted by molar-refractivity contribution is 6.32. The first-order valence-electron chi connectivity index (χ1n) is 8.66. The average Bonchev–Trinajstić information content (AvgIpc) is 3.22. The Balaban J connectivity index is 1.43. The monoisotopic (exact) mass is 353 g/mol. The van der Waals surface area contributed by atoms with Crippen molar-refractivity contribution in [2.24, 2.45) is 0 Å². The molecule has 0 unspecified atom stereocenters. The van der Waals surface area contributed by atoms with Crippen LogP contribution >= 0.6 is 11.6 Å². The normalized spacial score (nSPS) is 13.0. The molecule has 4 heteroatoms. The van der Waals surface area contributed by atoms with Gasteiger partial charge in [0.25, 0.3) is 0 Å². The summed E-state index contributed by atoms with van der Waals surface area (Å²) in [5, 5.41) is 0.697. The molecule has 1 heterocycles. The fourth-order valence-corrected chi connectivity index (χ4v) is 3.54. The summed E-state index contributed by atoms with van der Waals surface area (Å²) in [7, 11) is 0. The average molecular weight is 354 g/mol. The number of rotatable bonds is 5. The number of benzene rings is 2. The molecule has 1 aliphatic carbocycles. The number of aromatic nitrogens is 1. The highest BCUT2D eigenvalue weighted by Crippen LogP contribution is 2.33. The molecule has 0 amide bonds. The summed E-state index contributed by atoms with van der Waals surface area (Å²) in [6, 6.07) is 14.1. The van der Waals surface area contributed by atoms with Crippen molar-refractivity contribution in [3.63, 3.8) is 0 Å². The SMILES string of the molecule is Cc1oc(-c2ccccc2)nc1CCOc1cc2c(cc1Cl)CCC2. The molecule has 0 N–H and O–H groups in total. The van der Waals surface area contributed by atoms with Gasteiger partial charge in [0.1, 0.15) is 11.5 Å². The number of fused-ring (bicyclic) bond motifs is 1. The third-order valence-electron chi connectivity index (χ3n) is 4.66. The maximum Gasteiger partial charge on any atom is 0.226 e. The van der Waals surface area contributed by atoms with Gasteiger partial charge in [0.2, 0.25) is 5.89 Å². The van der Waals surface area contributed by atoms with E-state index in [1.54, 1.807) is 0 Å². The first-order chi connectivity index (χ1) is 12.2. The molecule has 0 fully saturated rings. The van der Waals surface area contributed by atoms with Crippen molar-refractivity contribution in [2.45, 2.75) is 32.6 Å². The van der Waals surface area contributed by atoms with Crippen LogP contribution in [-0.2, 0) is 19.3 Å². The van der Waals surface area contributed by atoms with Crippen LogP contribution in [0.2, 0.25) is 5.02 Å². The molecule has 128 valence electrons. The van der Waals surface area contributed by atoms with Gasteiger partial charge in [0.15, 0.2) is 0 Å². The van der Waals surface area contributed by atoms with Crippen molar-refractivity contribution in [3.05, 3.63) is 70.1 Å². The smallest absolute Gasteiger partial charge is 0.226 e. The van der Waals surface area contributed by atoms with E-state index in [0.717, 1.165) is 35.6 Å². The number of halogens is 1. The summed E-state index contributed by atoms with van der Waals surface area (Å²) in [4.78, 5) is 4.61. The molecular weight excluding hydrogens is 334 g/mol. The lowest BCUT2D eigenvalue weighted by molar-refractivity contribution is 0.320. The highest BCUT2D eigenvalue weighted by atomic mass is 35.5. The predicted molar refractivity (Wildman–Crippen MR) is 99.4 cm³/mol. The molecule has 2 aromatic carbocycles. The second-order valence-electron chi connectivity index (χ2n) is 6.39. The van der Waals surface area contributed by atoms with Crippen molar-refractivity contribution in [2.75, 3.05) is 6.61 Å². The minimum atomic E-state index is 0.528. The molecule has 0 saturated heterocycles. The minimum absolute atomic E-state index is 0.528. The van der Waals surface area contributed by atoms with Gasteiger partial charge in [0, 0.05) is 12.0 Å². The Hall–Kier alpha value is -2.26. The van der Waals surface area contributed by atoms with E-state index in [-0.39, 0.29) is 0 Å². The standard InChI is InChI=1S/C21H20ClNO2/c1-14-19(23-21(25-14)15-6-3-2-4-7-15)10-11-24-20-13-17-9-5-8-16(17)12-18(20)22/h2-4,6-7,12-13H,5,8-11H2,1H3. The lowest BCUT2D eigenvalue weighted by atomic mass is 10.1. The fourth-order valence-electron chi connectivity index (χ4n) is 3.30. The van der Waals surface area contributed by atoms with Gasteiger partial charge in [-0.05, 0) is 61.6 Å². The molecule has 0 atom stereocenters. The fraction of sp³-hybridized carbons (Fsp3) is 0.286. The van der Waals surface area contributed by atoms with Crippen LogP contribution in [0.1, 0.15) is 29.0 Å². The molecule has 1 aromatic heterocycles. The topological polar surface area (TPSA) is 35.3 Å². The van der Waals surface area contributed by atoms with Crippen LogP contribution in [-0.4, -0.2) is 11.6 Å². The summed E-state index contributed by atoms with van der Waals surface area (Å²) >= 11 is 6.35. The van der Waals surface area contributed by atoms with E-state index in [2.05, 4.69) is 11.1 Å². The van der Waals surface area contributed by atoms with Gasteiger partial charge >= 0.3 is 0 Å². The van der Waals surface area contributed by atoms with E-state index in [1.165, 1.54) is 17.5 Å². The van der Waals surface area contributed by atoms with Gasteiger partial charge in [-0.1, -0.05) is 29.8 Å². The third kappa shape index (κ3) is 3.42. The molecule has 0 saturated carbocycles. The van der Waals surface area contributed by atoms with Gasteiger partial charge in [-0.25, -0.2) is 4.98 Å². The molecule has 3 nitrogen and oxygen atoms in total. The zero-order valence-corrected chi connectivity index (χ0v) is 15.0. The van der Waals surface area contributed by atoms with Crippen LogP contribution in [0, 0.1) is 6.92 Å². The summed E-state index contributed by atoms with van der Waals surface area (Å²) in [6.07, 6.45) is 4.13. The number of nitrogens with zero attached hydrogens (tertiary/aromatic N) is 1. The largest absolute Gasteiger partial charge is 0.492 e. The molecule has 4 rings (SSSR count). The Morgan fingerprint density at radius 3 is 2.68 bits per heavy atom. The number of hydrogen-bond acceptors (Lipinski definition) is 3. The zero-order valence-electron chi connectivity index (χ0n) is 14.2. The second-order valence-corrected chi connectivity index (χ2v) is 6.80. The Labute approximate surface area is 152 Å². The Morgan fingerprint density at radius 1 is 1.12 bits per heavy atom. The van der Waals surface area contributed by atoms with Crippen LogP contribution in [0.25, 0.3) is 11.5 Å². The van der Waals surface area contributed by atoms with Crippen molar-refractivity contribution in [1.29, 1.82) is 0 Å². The van der Waals surface area contributed by atoms with Crippen LogP contribution in [0.4, 0.5) is 0 Å². The zero-order chi connectivity index (χ0) is 17.2. The van der Waals surface area contributed by atoms with E-state index in [4.69, 9.17) is 20.8 Å². The first kappa shape index (κ1) is 16.2. The molecular formula is C21H20ClNO2. The van der Waals surface area contributed by atoms with Crippen molar-refractivity contribution in [3.8, 4) is 17.2 Å². The van der Waals surface area contributed by atoms with E-state index in [0.29, 0.717) is 23.9 Å². The van der Waals surface area contributed by atoms with Gasteiger partial charge < -0.3 is 9.15 Å². The maximum absolute atomic E-state index is 6.35. The van der Waals surface area contributed by atoms with Gasteiger partial charge in [-0.3, -0.25) is 0 Å². The van der Waals surface area contributed by atoms with Gasteiger partial charge in [-0.2, -0.15) is 0 Å². The Kier molecular flexibility index (Phi) is 4.50. The van der Waals surface area contributed by atoms with Crippen LogP contribution in [0.3, 0.4) is 0 Å². The quantitative estimate of drug-likeness (QED) is 0.614. The van der Waals surface area contributed by atoms with Crippen molar-refractivity contribution >= 4 is 11.6 Å². The van der Waals surface area contributed by atoms with Crippen LogP contribution in [0.5, 0.6) is 5.75 Å². The van der Waals surface area contributed by atoms with Gasteiger partial charge in [0.05, 0.1) is 17.3 Å². The van der Waals surface area contributed by atoms with E-state index >= 15 is 0 Å². The number of oxazole rings is 1. The maximum atomic E-state index is 6.35. The highest BCUT2D eigenvalue weighted by Gasteiger charge is 2.15. The third-order valence-corrected chi connectivity index (χ3v) is 4.95. The predicted octanol–water partition coefficient (Wildman–Crippen LogP) is 5.41. The van der Waals surface area contributed by atoms with E-state index in [1.807, 2.05) is 43.3 Å². The van der Waals surface area contributed by atoms with E-state index in [9.17, 15) is 0 Å². The summed E-state index contributed by atoms with van der Waals surface area (Å²) in [6.45, 7) is 2.47. The van der Waals surface area contributed by atoms with Crippen molar-refractivity contribution in [1.82, 2.24) is 4.98 Å². The summed E-state index contributed by atoms with van der Waals surface area (Å²) in [5.74, 6) is 2.26. The van der Waals surface area contributed by atoms with Crippen LogP contribution in [0.15, 0.2) is 46.9 Å². The first-order valence-corrected chi connectivity index (χ1v) is 9.04.